The number of unbranched alkanes of at least 4 members (excludes halogenated alkanes) is 4. The van der Waals surface area contributed by atoms with Gasteiger partial charge in [-0.2, -0.15) is 9.97 Å². The summed E-state index contributed by atoms with van der Waals surface area (Å²) in [4.78, 5) is 79.0. The molecule has 5 fully saturated rings. The smallest absolute Gasteiger partial charge is 0.407 e. The fourth-order valence-corrected chi connectivity index (χ4v) is 14.4. The lowest BCUT2D eigenvalue weighted by molar-refractivity contribution is -0.144. The Bertz CT molecular complexity index is 3490. The van der Waals surface area contributed by atoms with Gasteiger partial charge in [0.25, 0.3) is 0 Å². The molecule has 2 aromatic heterocycles. The number of amides is 4. The van der Waals surface area contributed by atoms with E-state index in [9.17, 15) is 29.4 Å². The Kier molecular flexibility index (Phi) is 18.7. The number of likely N-dealkylation sites (tertiary alicyclic amines) is 1. The van der Waals surface area contributed by atoms with Gasteiger partial charge in [-0.05, 0) is 135 Å². The van der Waals surface area contributed by atoms with Gasteiger partial charge in [0.05, 0.1) is 23.1 Å². The van der Waals surface area contributed by atoms with Crippen molar-refractivity contribution in [2.45, 2.75) is 186 Å². The topological polar surface area (TPSA) is 236 Å². The van der Waals surface area contributed by atoms with Crippen molar-refractivity contribution in [3.63, 3.8) is 0 Å². The van der Waals surface area contributed by atoms with E-state index in [1.54, 1.807) is 12.3 Å². The molecule has 8 heterocycles. The first kappa shape index (κ1) is 62.3. The third kappa shape index (κ3) is 13.3. The van der Waals surface area contributed by atoms with Gasteiger partial charge in [-0.3, -0.25) is 29.3 Å². The Balaban J connectivity index is 0.630. The number of piperazine rings is 1. The summed E-state index contributed by atoms with van der Waals surface area (Å²) in [5.41, 5.74) is 3.77. The lowest BCUT2D eigenvalue weighted by Gasteiger charge is -2.35. The zero-order valence-electron chi connectivity index (χ0n) is 51.6. The summed E-state index contributed by atoms with van der Waals surface area (Å²) in [5, 5.41) is 35.6. The molecular formula is C67H85F2N11O8. The van der Waals surface area contributed by atoms with Gasteiger partial charge < -0.3 is 50.8 Å². The van der Waals surface area contributed by atoms with Crippen LogP contribution in [0.3, 0.4) is 0 Å². The summed E-state index contributed by atoms with van der Waals surface area (Å²) in [6.07, 6.45) is 12.8. The predicted octanol–water partition coefficient (Wildman–Crippen LogP) is 9.35. The van der Waals surface area contributed by atoms with Crippen molar-refractivity contribution in [2.75, 3.05) is 50.8 Å². The number of fused-ring (bicyclic) bond motifs is 5. The van der Waals surface area contributed by atoms with Crippen LogP contribution >= 0.6 is 0 Å². The number of nitrogens with one attached hydrogen (secondary N) is 4. The molecule has 0 saturated carbocycles. The summed E-state index contributed by atoms with van der Waals surface area (Å²) in [5.74, 6) is -1.71. The summed E-state index contributed by atoms with van der Waals surface area (Å²) < 4.78 is 44.9. The highest BCUT2D eigenvalue weighted by molar-refractivity contribution is 6.02. The van der Waals surface area contributed by atoms with Crippen molar-refractivity contribution in [3.05, 3.63) is 88.7 Å². The minimum Gasteiger partial charge on any atom is -0.508 e. The molecule has 19 nitrogen and oxygen atoms in total. The zero-order chi connectivity index (χ0) is 62.0. The number of aromatic nitrogens is 3. The quantitative estimate of drug-likeness (QED) is 0.0354. The molecule has 6 aliphatic rings. The minimum absolute atomic E-state index is 0.00566. The number of aromatic hydroxyl groups is 1. The number of aliphatic hydroxyl groups excluding tert-OH is 1. The van der Waals surface area contributed by atoms with Crippen LogP contribution in [-0.2, 0) is 25.5 Å². The molecule has 8 atom stereocenters. The fourth-order valence-electron chi connectivity index (χ4n) is 14.4. The molecule has 5 aromatic rings. The van der Waals surface area contributed by atoms with Crippen LogP contribution in [-0.4, -0.2) is 153 Å². The number of carbonyl (C=O) groups is 4. The Morgan fingerprint density at radius 3 is 2.43 bits per heavy atom. The van der Waals surface area contributed by atoms with E-state index in [1.807, 2.05) is 72.0 Å². The number of ether oxygens (including phenoxy) is 2. The van der Waals surface area contributed by atoms with E-state index in [0.29, 0.717) is 60.0 Å². The van der Waals surface area contributed by atoms with Crippen molar-refractivity contribution >= 4 is 63.1 Å². The molecule has 88 heavy (non-hydrogen) atoms. The third-order valence-electron chi connectivity index (χ3n) is 19.1. The van der Waals surface area contributed by atoms with Crippen LogP contribution in [0.15, 0.2) is 65.4 Å². The number of aliphatic hydroxyl groups is 1. The number of phenolic OH excluding ortho intramolecular Hbond substituents is 1. The minimum atomic E-state index is -0.911. The molecule has 0 spiro atoms. The fraction of sp³-hybridized carbons (Fsp3) is 0.552. The number of anilines is 1. The number of carbonyl (C=O) groups excluding carboxylic acids is 4. The van der Waals surface area contributed by atoms with Crippen molar-refractivity contribution in [1.82, 2.24) is 46.0 Å². The van der Waals surface area contributed by atoms with E-state index in [4.69, 9.17) is 19.4 Å². The lowest BCUT2D eigenvalue weighted by Crippen LogP contribution is -2.57. The summed E-state index contributed by atoms with van der Waals surface area (Å²) in [6, 6.07) is 12.3. The second kappa shape index (κ2) is 26.4. The number of rotatable bonds is 22. The molecule has 0 aliphatic carbocycles. The van der Waals surface area contributed by atoms with E-state index in [2.05, 4.69) is 41.0 Å². The number of aliphatic imine (C=N–C) groups is 1. The molecule has 11 rings (SSSR count). The summed E-state index contributed by atoms with van der Waals surface area (Å²) in [6.45, 7) is 14.4. The third-order valence-corrected chi connectivity index (χ3v) is 19.1. The molecule has 2 bridgehead atoms. The number of pyridine rings is 1. The number of β-amino-alcohol motifs (C(OH)–C–C–N with tert-alkyl or cyclic N) is 1. The number of benzene rings is 3. The number of nitrogens with zero attached hydrogens (tertiary/aromatic N) is 7. The Labute approximate surface area is 513 Å². The van der Waals surface area contributed by atoms with Gasteiger partial charge in [-0.1, -0.05) is 77.3 Å². The SMILES string of the molecule is CCc1c(F)ccc2cc(O)cc(-c3ncc4c(N5CC6CCC(C5)N6)nc(OCC56CCCN5C(COC(=O)NCCCCCCCC(=O)N[C@H](C(=O)N5C[C@H](O)C[C@H]5C(=O)N[C@@H](C)c5ccc(C7=C(C)N=CC7)cc5)C(C)(C)C)CC6)nc4c3F)c12. The molecule has 0 radical (unpaired) electrons. The first-order valence-corrected chi connectivity index (χ1v) is 31.8. The molecule has 5 saturated heterocycles. The molecule has 6 N–H and O–H groups in total. The van der Waals surface area contributed by atoms with E-state index >= 15 is 8.78 Å². The van der Waals surface area contributed by atoms with Crippen LogP contribution in [0.4, 0.5) is 19.4 Å². The second-order valence-corrected chi connectivity index (χ2v) is 26.3. The Hall–Kier alpha value is -7.36. The maximum absolute atomic E-state index is 17.3. The van der Waals surface area contributed by atoms with Gasteiger partial charge in [-0.25, -0.2) is 13.6 Å². The first-order chi connectivity index (χ1) is 42.3. The maximum atomic E-state index is 17.3. The average molecular weight is 1210 g/mol. The lowest BCUT2D eigenvalue weighted by atomic mass is 9.85. The molecule has 4 amide bonds. The highest BCUT2D eigenvalue weighted by atomic mass is 19.1. The van der Waals surface area contributed by atoms with Crippen LogP contribution in [0.25, 0.3) is 38.5 Å². The Morgan fingerprint density at radius 2 is 1.69 bits per heavy atom. The monoisotopic (exact) mass is 1210 g/mol. The van der Waals surface area contributed by atoms with Crippen LogP contribution in [0, 0.1) is 17.0 Å². The van der Waals surface area contributed by atoms with Crippen LogP contribution in [0.5, 0.6) is 11.8 Å². The first-order valence-electron chi connectivity index (χ1n) is 31.8. The van der Waals surface area contributed by atoms with E-state index in [1.165, 1.54) is 28.7 Å². The van der Waals surface area contributed by atoms with Crippen molar-refractivity contribution in [2.24, 2.45) is 10.4 Å². The molecule has 21 heteroatoms. The maximum Gasteiger partial charge on any atom is 0.407 e. The van der Waals surface area contributed by atoms with Gasteiger partial charge in [0, 0.05) is 87.2 Å². The highest BCUT2D eigenvalue weighted by Gasteiger charge is 2.51. The molecule has 6 aliphatic heterocycles. The number of phenols is 1. The van der Waals surface area contributed by atoms with Crippen LogP contribution in [0.2, 0.25) is 0 Å². The number of aryl methyl sites for hydroxylation is 1. The van der Waals surface area contributed by atoms with Gasteiger partial charge in [0.1, 0.15) is 53.9 Å². The van der Waals surface area contributed by atoms with Crippen molar-refractivity contribution in [3.8, 4) is 23.0 Å². The van der Waals surface area contributed by atoms with E-state index < -0.39 is 47.2 Å². The number of halogens is 2. The van der Waals surface area contributed by atoms with Gasteiger partial charge in [0.15, 0.2) is 5.82 Å². The number of alkyl carbamates (subject to hydrolysis) is 1. The van der Waals surface area contributed by atoms with Gasteiger partial charge >= 0.3 is 12.1 Å². The Morgan fingerprint density at radius 1 is 0.932 bits per heavy atom. The molecular weight excluding hydrogens is 1120 g/mol. The number of hydrogen-bond donors (Lipinski definition) is 6. The number of hydrogen-bond acceptors (Lipinski definition) is 15. The standard InChI is InChI=1S/C67H85F2N11O8/c1-7-49-53(68)22-19-43-30-47(81)31-51(56(43)49)58-57(69)59-52(33-72-58)61(78-34-44-20-21-45(35-78)74-44)77-64(76-59)88-38-67-25-13-29-80(67)46(23-26-67)37-87-65(86)71-27-12-10-8-9-11-14-55(83)75-60(66(4,5)6)63(85)79-36-48(82)32-54(79)62(84)73-39(2)41-15-17-42(18-16-41)50-24-28-70-40(50)3/h15-19,22,28,30-31,33,39,44-46,48,54,60,74,81-82H,7-14,20-21,23-27,29,32,34-38H2,1-6H3,(H,71,86)(H,73,84)(H,75,83)/t39-,44?,45?,46?,48+,54-,60+,67?/m0/s1. The van der Waals surface area contributed by atoms with Gasteiger partial charge in [0.2, 0.25) is 17.7 Å². The van der Waals surface area contributed by atoms with Gasteiger partial charge in [-0.15, -0.1) is 0 Å². The summed E-state index contributed by atoms with van der Waals surface area (Å²) in [7, 11) is 0. The second-order valence-electron chi connectivity index (χ2n) is 26.3. The van der Waals surface area contributed by atoms with E-state index in [-0.39, 0.29) is 103 Å². The zero-order valence-corrected chi connectivity index (χ0v) is 51.6. The normalized spacial score (nSPS) is 23.3. The van der Waals surface area contributed by atoms with Crippen molar-refractivity contribution < 1.29 is 47.6 Å². The van der Waals surface area contributed by atoms with Crippen LogP contribution in [0.1, 0.15) is 154 Å². The predicted molar refractivity (Wildman–Crippen MR) is 334 cm³/mol. The van der Waals surface area contributed by atoms with E-state index in [0.717, 1.165) is 94.0 Å². The van der Waals surface area contributed by atoms with Crippen LogP contribution < -0.4 is 30.9 Å². The summed E-state index contributed by atoms with van der Waals surface area (Å²) >= 11 is 0. The molecule has 470 valence electrons. The average Bonchev–Trinajstić information content (AvgIpc) is 1.28. The molecule has 4 unspecified atom stereocenters. The van der Waals surface area contributed by atoms with Crippen molar-refractivity contribution in [1.29, 1.82) is 0 Å². The number of allylic oxidation sites excluding steroid dienone is 2. The largest absolute Gasteiger partial charge is 0.508 e. The highest BCUT2D eigenvalue weighted by Crippen LogP contribution is 2.44. The molecule has 3 aromatic carbocycles.